The Morgan fingerprint density at radius 2 is 1.95 bits per heavy atom. The van der Waals surface area contributed by atoms with Crippen molar-refractivity contribution in [2.45, 2.75) is 33.3 Å². The van der Waals surface area contributed by atoms with Gasteiger partial charge in [-0.2, -0.15) is 5.26 Å². The van der Waals surface area contributed by atoms with E-state index in [2.05, 4.69) is 16.7 Å². The predicted molar refractivity (Wildman–Crippen MR) is 78.2 cm³/mol. The summed E-state index contributed by atoms with van der Waals surface area (Å²) < 4.78 is 0. The van der Waals surface area contributed by atoms with Crippen molar-refractivity contribution in [1.29, 1.82) is 5.26 Å². The lowest BCUT2D eigenvalue weighted by Gasteiger charge is -2.25. The van der Waals surface area contributed by atoms with Gasteiger partial charge in [-0.05, 0) is 23.1 Å². The maximum atomic E-state index is 11.7. The SMILES string of the molecule is CC(C)(C)C(O)CNC(=O)Nc1ccc(CC#N)cc1. The Hall–Kier alpha value is -2.06. The molecule has 0 saturated carbocycles. The van der Waals surface area contributed by atoms with Crippen molar-refractivity contribution in [3.8, 4) is 6.07 Å². The summed E-state index contributed by atoms with van der Waals surface area (Å²) in [5.74, 6) is 0. The van der Waals surface area contributed by atoms with Crippen LogP contribution >= 0.6 is 0 Å². The third-order valence-corrected chi connectivity index (χ3v) is 2.95. The molecule has 3 N–H and O–H groups in total. The van der Waals surface area contributed by atoms with Crippen LogP contribution in [0.2, 0.25) is 0 Å². The zero-order chi connectivity index (χ0) is 15.2. The highest BCUT2D eigenvalue weighted by Gasteiger charge is 2.22. The van der Waals surface area contributed by atoms with Crippen LogP contribution in [-0.2, 0) is 6.42 Å². The fourth-order valence-corrected chi connectivity index (χ4v) is 1.47. The molecule has 0 spiro atoms. The molecule has 1 rings (SSSR count). The molecule has 0 fully saturated rings. The van der Waals surface area contributed by atoms with E-state index in [9.17, 15) is 9.90 Å². The monoisotopic (exact) mass is 275 g/mol. The first kappa shape index (κ1) is 16.0. The second kappa shape index (κ2) is 6.92. The summed E-state index contributed by atoms with van der Waals surface area (Å²) in [4.78, 5) is 11.7. The zero-order valence-electron chi connectivity index (χ0n) is 12.1. The summed E-state index contributed by atoms with van der Waals surface area (Å²) in [7, 11) is 0. The molecule has 20 heavy (non-hydrogen) atoms. The minimum absolute atomic E-state index is 0.196. The standard InChI is InChI=1S/C15H21N3O2/c1-15(2,3)13(19)10-17-14(20)18-12-6-4-11(5-7-12)8-9-16/h4-7,13,19H,8,10H2,1-3H3,(H2,17,18,20). The number of urea groups is 1. The second-order valence-electron chi connectivity index (χ2n) is 5.75. The third kappa shape index (κ3) is 5.29. The normalized spacial score (nSPS) is 12.3. The first-order valence-corrected chi connectivity index (χ1v) is 6.51. The van der Waals surface area contributed by atoms with Crippen molar-refractivity contribution >= 4 is 11.7 Å². The first-order chi connectivity index (χ1) is 9.32. The molecular formula is C15H21N3O2. The molecule has 0 saturated heterocycles. The van der Waals surface area contributed by atoms with Crippen LogP contribution in [0.25, 0.3) is 0 Å². The maximum absolute atomic E-state index is 11.7. The van der Waals surface area contributed by atoms with Gasteiger partial charge in [-0.25, -0.2) is 4.79 Å². The number of carbonyl (C=O) groups excluding carboxylic acids is 1. The number of aliphatic hydroxyl groups excluding tert-OH is 1. The van der Waals surface area contributed by atoms with Crippen molar-refractivity contribution in [1.82, 2.24) is 5.32 Å². The Morgan fingerprint density at radius 3 is 2.45 bits per heavy atom. The van der Waals surface area contributed by atoms with Crippen molar-refractivity contribution < 1.29 is 9.90 Å². The molecule has 5 heteroatoms. The lowest BCUT2D eigenvalue weighted by atomic mass is 9.89. The van der Waals surface area contributed by atoms with Crippen LogP contribution < -0.4 is 10.6 Å². The number of benzene rings is 1. The summed E-state index contributed by atoms with van der Waals surface area (Å²) in [5, 5.41) is 23.7. The number of nitrogens with one attached hydrogen (secondary N) is 2. The lowest BCUT2D eigenvalue weighted by Crippen LogP contribution is -2.40. The zero-order valence-corrected chi connectivity index (χ0v) is 12.1. The number of carbonyl (C=O) groups is 1. The summed E-state index contributed by atoms with van der Waals surface area (Å²) >= 11 is 0. The van der Waals surface area contributed by atoms with E-state index in [4.69, 9.17) is 5.26 Å². The van der Waals surface area contributed by atoms with Crippen molar-refractivity contribution in [3.05, 3.63) is 29.8 Å². The van der Waals surface area contributed by atoms with Gasteiger partial charge in [0.15, 0.2) is 0 Å². The largest absolute Gasteiger partial charge is 0.391 e. The number of rotatable bonds is 4. The molecule has 5 nitrogen and oxygen atoms in total. The van der Waals surface area contributed by atoms with Gasteiger partial charge in [-0.3, -0.25) is 0 Å². The Balaban J connectivity index is 2.45. The van der Waals surface area contributed by atoms with Gasteiger partial charge >= 0.3 is 6.03 Å². The quantitative estimate of drug-likeness (QED) is 0.788. The summed E-state index contributed by atoms with van der Waals surface area (Å²) in [5.41, 5.74) is 1.28. The van der Waals surface area contributed by atoms with Gasteiger partial charge in [0.25, 0.3) is 0 Å². The van der Waals surface area contributed by atoms with Crippen LogP contribution in [0.4, 0.5) is 10.5 Å². The van der Waals surface area contributed by atoms with E-state index in [0.29, 0.717) is 12.1 Å². The van der Waals surface area contributed by atoms with E-state index in [-0.39, 0.29) is 18.0 Å². The molecule has 0 aliphatic heterocycles. The molecule has 2 amide bonds. The number of hydrogen-bond donors (Lipinski definition) is 3. The van der Waals surface area contributed by atoms with Gasteiger partial charge in [-0.1, -0.05) is 32.9 Å². The van der Waals surface area contributed by atoms with Crippen LogP contribution in [0.3, 0.4) is 0 Å². The molecule has 1 atom stereocenters. The molecule has 0 aromatic heterocycles. The minimum atomic E-state index is -0.605. The highest BCUT2D eigenvalue weighted by atomic mass is 16.3. The van der Waals surface area contributed by atoms with Gasteiger partial charge in [0.1, 0.15) is 0 Å². The maximum Gasteiger partial charge on any atom is 0.319 e. The Morgan fingerprint density at radius 1 is 1.35 bits per heavy atom. The summed E-state index contributed by atoms with van der Waals surface area (Å²) in [6.45, 7) is 5.92. The molecule has 0 radical (unpaired) electrons. The third-order valence-electron chi connectivity index (χ3n) is 2.95. The second-order valence-corrected chi connectivity index (χ2v) is 5.75. The van der Waals surface area contributed by atoms with Crippen molar-refractivity contribution in [3.63, 3.8) is 0 Å². The fraction of sp³-hybridized carbons (Fsp3) is 0.467. The van der Waals surface area contributed by atoms with Gasteiger partial charge in [0.2, 0.25) is 0 Å². The Bertz CT molecular complexity index is 483. The van der Waals surface area contributed by atoms with Gasteiger partial charge in [0.05, 0.1) is 18.6 Å². The van der Waals surface area contributed by atoms with E-state index < -0.39 is 6.10 Å². The molecule has 1 unspecified atom stereocenters. The molecule has 0 bridgehead atoms. The highest BCUT2D eigenvalue weighted by molar-refractivity contribution is 5.89. The number of amides is 2. The van der Waals surface area contributed by atoms with Gasteiger partial charge in [-0.15, -0.1) is 0 Å². The van der Waals surface area contributed by atoms with E-state index in [1.165, 1.54) is 0 Å². The topological polar surface area (TPSA) is 85.2 Å². The Labute approximate surface area is 119 Å². The molecule has 0 aliphatic rings. The van der Waals surface area contributed by atoms with E-state index in [1.807, 2.05) is 20.8 Å². The molecule has 1 aromatic carbocycles. The average molecular weight is 275 g/mol. The number of nitrogens with zero attached hydrogens (tertiary/aromatic N) is 1. The number of aliphatic hydroxyl groups is 1. The lowest BCUT2D eigenvalue weighted by molar-refractivity contribution is 0.0654. The van der Waals surface area contributed by atoms with Gasteiger partial charge in [0, 0.05) is 12.2 Å². The van der Waals surface area contributed by atoms with Crippen LogP contribution in [0.5, 0.6) is 0 Å². The van der Waals surface area contributed by atoms with Crippen LogP contribution in [0.1, 0.15) is 26.3 Å². The van der Waals surface area contributed by atoms with E-state index in [1.54, 1.807) is 24.3 Å². The van der Waals surface area contributed by atoms with Crippen LogP contribution in [-0.4, -0.2) is 23.8 Å². The van der Waals surface area contributed by atoms with Crippen molar-refractivity contribution in [2.24, 2.45) is 5.41 Å². The average Bonchev–Trinajstić information content (AvgIpc) is 2.37. The summed E-state index contributed by atoms with van der Waals surface area (Å²) in [6.07, 6.45) is -0.254. The number of anilines is 1. The predicted octanol–water partition coefficient (Wildman–Crippen LogP) is 2.28. The van der Waals surface area contributed by atoms with Crippen LogP contribution in [0.15, 0.2) is 24.3 Å². The van der Waals surface area contributed by atoms with E-state index >= 15 is 0 Å². The highest BCUT2D eigenvalue weighted by Crippen LogP contribution is 2.18. The first-order valence-electron chi connectivity index (χ1n) is 6.51. The van der Waals surface area contributed by atoms with Crippen molar-refractivity contribution in [2.75, 3.05) is 11.9 Å². The van der Waals surface area contributed by atoms with E-state index in [0.717, 1.165) is 5.56 Å². The molecule has 1 aromatic rings. The number of hydrogen-bond acceptors (Lipinski definition) is 3. The Kier molecular flexibility index (Phi) is 5.53. The molecule has 0 heterocycles. The summed E-state index contributed by atoms with van der Waals surface area (Å²) in [6, 6.07) is 8.78. The smallest absolute Gasteiger partial charge is 0.319 e. The molecule has 0 aliphatic carbocycles. The molecule has 108 valence electrons. The van der Waals surface area contributed by atoms with Crippen LogP contribution in [0, 0.1) is 16.7 Å². The molecular weight excluding hydrogens is 254 g/mol. The fourth-order valence-electron chi connectivity index (χ4n) is 1.47. The van der Waals surface area contributed by atoms with Gasteiger partial charge < -0.3 is 15.7 Å². The minimum Gasteiger partial charge on any atom is -0.391 e. The number of nitriles is 1.